The van der Waals surface area contributed by atoms with Crippen LogP contribution in [-0.2, 0) is 4.79 Å². The van der Waals surface area contributed by atoms with E-state index in [-0.39, 0.29) is 0 Å². The van der Waals surface area contributed by atoms with Crippen molar-refractivity contribution in [2.75, 3.05) is 6.61 Å². The maximum Gasteiger partial charge on any atom is 0.249 e. The number of carbonyl (C=O) groups is 1. The van der Waals surface area contributed by atoms with Crippen molar-refractivity contribution < 1.29 is 25.2 Å². The molecule has 63 heavy (non-hydrogen) atoms. The summed E-state index contributed by atoms with van der Waals surface area (Å²) in [6.07, 6.45) is 62.4. The van der Waals surface area contributed by atoms with Gasteiger partial charge in [0.05, 0.1) is 18.8 Å². The molecular formula is C57H111NO5. The molecule has 4 atom stereocenters. The maximum atomic E-state index is 12.6. The standard InChI is InChI=1S/C57H111NO5/c1-3-5-7-9-11-13-15-17-19-21-23-25-27-28-29-31-32-34-36-38-40-42-44-46-48-50-54(60)56(62)53(52-59)58-57(63)55(61)51-49-47-45-43-41-39-37-35-33-30-26-24-22-20-18-16-14-12-10-8-6-4-2/h24,26,33,35,53-56,59-62H,3-23,25,27-32,34,36-52H2,1-2H3,(H,58,63)/b26-24-,35-33-. The fourth-order valence-corrected chi connectivity index (χ4v) is 8.97. The van der Waals surface area contributed by atoms with Crippen molar-refractivity contribution in [1.82, 2.24) is 5.32 Å². The molecule has 0 saturated heterocycles. The fourth-order valence-electron chi connectivity index (χ4n) is 8.97. The van der Waals surface area contributed by atoms with Gasteiger partial charge in [0.2, 0.25) is 5.91 Å². The summed E-state index contributed by atoms with van der Waals surface area (Å²) in [4.78, 5) is 12.6. The number of rotatable bonds is 52. The number of hydrogen-bond donors (Lipinski definition) is 5. The van der Waals surface area contributed by atoms with Crippen molar-refractivity contribution in [3.8, 4) is 0 Å². The van der Waals surface area contributed by atoms with Gasteiger partial charge in [-0.2, -0.15) is 0 Å². The van der Waals surface area contributed by atoms with Crippen LogP contribution < -0.4 is 5.32 Å². The minimum absolute atomic E-state index is 0.359. The number of aliphatic hydroxyl groups is 4. The van der Waals surface area contributed by atoms with Gasteiger partial charge in [-0.15, -0.1) is 0 Å². The van der Waals surface area contributed by atoms with E-state index in [9.17, 15) is 25.2 Å². The van der Waals surface area contributed by atoms with Gasteiger partial charge in [-0.25, -0.2) is 0 Å². The Hall–Kier alpha value is -1.21. The molecule has 0 aliphatic heterocycles. The molecule has 374 valence electrons. The van der Waals surface area contributed by atoms with E-state index >= 15 is 0 Å². The first-order valence-electron chi connectivity index (χ1n) is 28.2. The van der Waals surface area contributed by atoms with Gasteiger partial charge in [0, 0.05) is 0 Å². The molecule has 0 aliphatic carbocycles. The van der Waals surface area contributed by atoms with Gasteiger partial charge in [-0.05, 0) is 44.9 Å². The molecule has 0 aromatic carbocycles. The third kappa shape index (κ3) is 45.7. The summed E-state index contributed by atoms with van der Waals surface area (Å²) in [6, 6.07) is -0.990. The second-order valence-electron chi connectivity index (χ2n) is 19.6. The Balaban J connectivity index is 3.64. The quantitative estimate of drug-likeness (QED) is 0.0309. The van der Waals surface area contributed by atoms with E-state index in [4.69, 9.17) is 0 Å². The second-order valence-corrected chi connectivity index (χ2v) is 19.6. The normalized spacial score (nSPS) is 13.9. The van der Waals surface area contributed by atoms with Crippen LogP contribution >= 0.6 is 0 Å². The fraction of sp³-hybridized carbons (Fsp3) is 0.912. The number of carbonyl (C=O) groups excluding carboxylic acids is 1. The van der Waals surface area contributed by atoms with Crippen molar-refractivity contribution in [1.29, 1.82) is 0 Å². The Morgan fingerprint density at radius 3 is 1.00 bits per heavy atom. The molecule has 0 aromatic heterocycles. The molecule has 0 fully saturated rings. The lowest BCUT2D eigenvalue weighted by Crippen LogP contribution is -2.53. The monoisotopic (exact) mass is 890 g/mol. The van der Waals surface area contributed by atoms with Crippen LogP contribution in [-0.4, -0.2) is 57.3 Å². The van der Waals surface area contributed by atoms with Crippen LogP contribution in [0.15, 0.2) is 24.3 Å². The SMILES string of the molecule is CCCCCCCCCCC/C=C\C/C=C\CCCCCCCCC(O)C(=O)NC(CO)C(O)C(O)CCCCCCCCCCCCCCCCCCCCCCCCCCC. The van der Waals surface area contributed by atoms with E-state index in [1.165, 1.54) is 218 Å². The summed E-state index contributed by atoms with van der Waals surface area (Å²) in [5, 5.41) is 44.0. The van der Waals surface area contributed by atoms with Crippen LogP contribution in [0.2, 0.25) is 0 Å². The van der Waals surface area contributed by atoms with E-state index in [0.717, 1.165) is 57.8 Å². The molecule has 6 heteroatoms. The molecule has 0 rings (SSSR count). The Morgan fingerprint density at radius 2 is 0.683 bits per heavy atom. The number of unbranched alkanes of at least 4 members (excludes halogenated alkanes) is 39. The molecule has 1 amide bonds. The topological polar surface area (TPSA) is 110 Å². The van der Waals surface area contributed by atoms with Gasteiger partial charge in [0.25, 0.3) is 0 Å². The van der Waals surface area contributed by atoms with Gasteiger partial charge in [-0.1, -0.05) is 282 Å². The Labute approximate surface area is 393 Å². The lowest BCUT2D eigenvalue weighted by Gasteiger charge is -2.27. The van der Waals surface area contributed by atoms with Crippen molar-refractivity contribution in [3.63, 3.8) is 0 Å². The van der Waals surface area contributed by atoms with Gasteiger partial charge in [-0.3, -0.25) is 4.79 Å². The summed E-state index contributed by atoms with van der Waals surface area (Å²) in [5.74, 6) is -0.588. The van der Waals surface area contributed by atoms with Crippen LogP contribution in [0.3, 0.4) is 0 Å². The van der Waals surface area contributed by atoms with Crippen LogP contribution in [0.5, 0.6) is 0 Å². The summed E-state index contributed by atoms with van der Waals surface area (Å²) in [5.41, 5.74) is 0. The highest BCUT2D eigenvalue weighted by molar-refractivity contribution is 5.80. The number of aliphatic hydroxyl groups excluding tert-OH is 4. The average molecular weight is 891 g/mol. The van der Waals surface area contributed by atoms with Gasteiger partial charge in [0.15, 0.2) is 0 Å². The first-order chi connectivity index (χ1) is 31.0. The van der Waals surface area contributed by atoms with Gasteiger partial charge >= 0.3 is 0 Å². The lowest BCUT2D eigenvalue weighted by molar-refractivity contribution is -0.132. The van der Waals surface area contributed by atoms with E-state index in [1.54, 1.807) is 0 Å². The molecule has 0 spiro atoms. The molecule has 4 unspecified atom stereocenters. The second kappa shape index (κ2) is 51.8. The Bertz CT molecular complexity index is 955. The lowest BCUT2D eigenvalue weighted by atomic mass is 9.99. The highest BCUT2D eigenvalue weighted by atomic mass is 16.3. The number of allylic oxidation sites excluding steroid dienone is 4. The van der Waals surface area contributed by atoms with E-state index in [1.807, 2.05) is 0 Å². The largest absolute Gasteiger partial charge is 0.394 e. The Kier molecular flexibility index (Phi) is 50.8. The average Bonchev–Trinajstić information content (AvgIpc) is 3.29. The molecule has 0 bridgehead atoms. The van der Waals surface area contributed by atoms with Crippen LogP contribution in [0.25, 0.3) is 0 Å². The minimum atomic E-state index is -1.26. The van der Waals surface area contributed by atoms with Crippen molar-refractivity contribution in [2.24, 2.45) is 0 Å². The zero-order chi connectivity index (χ0) is 45.9. The third-order valence-electron chi connectivity index (χ3n) is 13.4. The summed E-state index contributed by atoms with van der Waals surface area (Å²) < 4.78 is 0. The molecule has 0 radical (unpaired) electrons. The summed E-state index contributed by atoms with van der Waals surface area (Å²) in [6.45, 7) is 4.08. The zero-order valence-electron chi connectivity index (χ0n) is 42.3. The van der Waals surface area contributed by atoms with E-state index in [2.05, 4.69) is 43.5 Å². The van der Waals surface area contributed by atoms with Crippen LogP contribution in [0.1, 0.15) is 303 Å². The summed E-state index contributed by atoms with van der Waals surface area (Å²) >= 11 is 0. The van der Waals surface area contributed by atoms with E-state index < -0.39 is 36.9 Å². The zero-order valence-corrected chi connectivity index (χ0v) is 42.3. The maximum absolute atomic E-state index is 12.6. The predicted molar refractivity (Wildman–Crippen MR) is 274 cm³/mol. The third-order valence-corrected chi connectivity index (χ3v) is 13.4. The molecule has 5 N–H and O–H groups in total. The Morgan fingerprint density at radius 1 is 0.397 bits per heavy atom. The van der Waals surface area contributed by atoms with Crippen LogP contribution in [0, 0.1) is 0 Å². The first kappa shape index (κ1) is 61.8. The molecule has 6 nitrogen and oxygen atoms in total. The molecule has 0 heterocycles. The summed E-state index contributed by atoms with van der Waals surface area (Å²) in [7, 11) is 0. The van der Waals surface area contributed by atoms with Crippen molar-refractivity contribution >= 4 is 5.91 Å². The minimum Gasteiger partial charge on any atom is -0.394 e. The van der Waals surface area contributed by atoms with E-state index in [0.29, 0.717) is 12.8 Å². The van der Waals surface area contributed by atoms with Gasteiger partial charge in [0.1, 0.15) is 12.2 Å². The van der Waals surface area contributed by atoms with Gasteiger partial charge < -0.3 is 25.7 Å². The predicted octanol–water partition coefficient (Wildman–Crippen LogP) is 16.3. The number of hydrogen-bond acceptors (Lipinski definition) is 5. The molecular weight excluding hydrogens is 779 g/mol. The first-order valence-corrected chi connectivity index (χ1v) is 28.2. The van der Waals surface area contributed by atoms with Crippen molar-refractivity contribution in [3.05, 3.63) is 24.3 Å². The van der Waals surface area contributed by atoms with Crippen LogP contribution in [0.4, 0.5) is 0 Å². The molecule has 0 saturated carbocycles. The smallest absolute Gasteiger partial charge is 0.249 e. The highest BCUT2D eigenvalue weighted by Gasteiger charge is 2.28. The number of nitrogens with one attached hydrogen (secondary N) is 1. The highest BCUT2D eigenvalue weighted by Crippen LogP contribution is 2.18. The number of amides is 1. The molecule has 0 aromatic rings. The van der Waals surface area contributed by atoms with Crippen molar-refractivity contribution in [2.45, 2.75) is 327 Å². The molecule has 0 aliphatic rings.